The number of rotatable bonds is 0. The topological polar surface area (TPSA) is 23.8 Å². The molecule has 0 N–H and O–H groups in total. The van der Waals surface area contributed by atoms with E-state index >= 15 is 0 Å². The monoisotopic (exact) mass is 283 g/mol. The van der Waals surface area contributed by atoms with Gasteiger partial charge in [-0.1, -0.05) is 31.8 Å². The Morgan fingerprint density at radius 3 is 2.71 bits per heavy atom. The van der Waals surface area contributed by atoms with Crippen LogP contribution in [-0.4, -0.2) is 0 Å². The predicted octanol–water partition coefficient (Wildman–Crippen LogP) is 5.48. The summed E-state index contributed by atoms with van der Waals surface area (Å²) in [5, 5.41) is 9.09. The van der Waals surface area contributed by atoms with Crippen LogP contribution < -0.4 is 0 Å². The van der Waals surface area contributed by atoms with Gasteiger partial charge in [-0.15, -0.1) is 0 Å². The van der Waals surface area contributed by atoms with E-state index in [1.807, 2.05) is 6.08 Å². The van der Waals surface area contributed by atoms with E-state index in [9.17, 15) is 0 Å². The largest absolute Gasteiger partial charge is 0.193 e. The molecule has 6 unspecified atom stereocenters. The fourth-order valence-corrected chi connectivity index (χ4v) is 6.99. The van der Waals surface area contributed by atoms with Gasteiger partial charge in [0, 0.05) is 6.08 Å². The number of nitrogens with zero attached hydrogens (tertiary/aromatic N) is 1. The molecule has 0 aliphatic heterocycles. The van der Waals surface area contributed by atoms with Gasteiger partial charge in [0.25, 0.3) is 0 Å². The molecule has 0 heterocycles. The minimum atomic E-state index is 0.373. The third-order valence-corrected chi connectivity index (χ3v) is 7.97. The Morgan fingerprint density at radius 1 is 1.00 bits per heavy atom. The molecule has 0 amide bonds. The van der Waals surface area contributed by atoms with Crippen molar-refractivity contribution in [3.05, 3.63) is 11.6 Å². The first kappa shape index (κ1) is 13.9. The first-order chi connectivity index (χ1) is 10.2. The lowest BCUT2D eigenvalue weighted by Gasteiger charge is -2.55. The van der Waals surface area contributed by atoms with Gasteiger partial charge in [0.15, 0.2) is 0 Å². The van der Waals surface area contributed by atoms with Gasteiger partial charge in [-0.2, -0.15) is 5.26 Å². The standard InChI is InChI=1S/C20H29N/c1-20-12-10-17-16-5-3-2-4-14(16)6-8-18(17)19(20)9-7-15(20)11-13-21/h11,14,16-19H,2-10,12H2,1H3/b15-11-. The molecular formula is C20H29N. The maximum Gasteiger partial charge on any atom is 0.0911 e. The predicted molar refractivity (Wildman–Crippen MR) is 85.4 cm³/mol. The Labute approximate surface area is 129 Å². The normalized spacial score (nSPS) is 50.9. The van der Waals surface area contributed by atoms with Crippen molar-refractivity contribution >= 4 is 0 Å². The van der Waals surface area contributed by atoms with E-state index in [0.29, 0.717) is 5.41 Å². The molecule has 4 fully saturated rings. The summed E-state index contributed by atoms with van der Waals surface area (Å²) in [6.07, 6.45) is 16.3. The van der Waals surface area contributed by atoms with Gasteiger partial charge in [-0.25, -0.2) is 0 Å². The number of nitriles is 1. The molecule has 4 aliphatic carbocycles. The Morgan fingerprint density at radius 2 is 1.86 bits per heavy atom. The summed E-state index contributed by atoms with van der Waals surface area (Å²) in [6.45, 7) is 2.48. The summed E-state index contributed by atoms with van der Waals surface area (Å²) in [6, 6.07) is 2.32. The molecule has 4 rings (SSSR count). The minimum absolute atomic E-state index is 0.373. The van der Waals surface area contributed by atoms with Crippen molar-refractivity contribution in [2.24, 2.45) is 35.0 Å². The molecule has 4 saturated carbocycles. The van der Waals surface area contributed by atoms with E-state index in [2.05, 4.69) is 13.0 Å². The van der Waals surface area contributed by atoms with Gasteiger partial charge >= 0.3 is 0 Å². The van der Waals surface area contributed by atoms with Gasteiger partial charge in [0.05, 0.1) is 6.07 Å². The minimum Gasteiger partial charge on any atom is -0.193 e. The van der Waals surface area contributed by atoms with Crippen LogP contribution in [0.5, 0.6) is 0 Å². The van der Waals surface area contributed by atoms with E-state index < -0.39 is 0 Å². The molecular weight excluding hydrogens is 254 g/mol. The molecule has 0 radical (unpaired) electrons. The Bertz CT molecular complexity index is 485. The van der Waals surface area contributed by atoms with E-state index in [1.54, 1.807) is 0 Å². The number of hydrogen-bond acceptors (Lipinski definition) is 1. The smallest absolute Gasteiger partial charge is 0.0911 e. The van der Waals surface area contributed by atoms with Crippen LogP contribution >= 0.6 is 0 Å². The number of allylic oxidation sites excluding steroid dienone is 2. The maximum atomic E-state index is 9.09. The van der Waals surface area contributed by atoms with Crippen molar-refractivity contribution in [2.75, 3.05) is 0 Å². The average molecular weight is 283 g/mol. The molecule has 1 heteroatoms. The zero-order valence-electron chi connectivity index (χ0n) is 13.5. The Balaban J connectivity index is 1.61. The zero-order chi connectivity index (χ0) is 14.4. The summed E-state index contributed by atoms with van der Waals surface area (Å²) in [5.74, 6) is 5.03. The summed E-state index contributed by atoms with van der Waals surface area (Å²) >= 11 is 0. The van der Waals surface area contributed by atoms with Gasteiger partial charge in [0.1, 0.15) is 0 Å². The highest BCUT2D eigenvalue weighted by Crippen LogP contribution is 2.63. The highest BCUT2D eigenvalue weighted by Gasteiger charge is 2.54. The van der Waals surface area contributed by atoms with Crippen LogP contribution in [0.1, 0.15) is 71.1 Å². The van der Waals surface area contributed by atoms with Crippen LogP contribution in [0.4, 0.5) is 0 Å². The van der Waals surface area contributed by atoms with Crippen LogP contribution in [0, 0.1) is 46.3 Å². The molecule has 6 atom stereocenters. The van der Waals surface area contributed by atoms with Crippen LogP contribution in [0.25, 0.3) is 0 Å². The maximum absolute atomic E-state index is 9.09. The molecule has 0 spiro atoms. The Hall–Kier alpha value is -0.770. The molecule has 0 bridgehead atoms. The lowest BCUT2D eigenvalue weighted by atomic mass is 9.50. The molecule has 0 saturated heterocycles. The summed E-state index contributed by atoms with van der Waals surface area (Å²) in [7, 11) is 0. The summed E-state index contributed by atoms with van der Waals surface area (Å²) < 4.78 is 0. The van der Waals surface area contributed by atoms with Crippen molar-refractivity contribution in [3.8, 4) is 6.07 Å². The molecule has 21 heavy (non-hydrogen) atoms. The third-order valence-electron chi connectivity index (χ3n) is 7.97. The Kier molecular flexibility index (Phi) is 3.40. The van der Waals surface area contributed by atoms with Gasteiger partial charge in [0.2, 0.25) is 0 Å². The molecule has 1 nitrogen and oxygen atoms in total. The van der Waals surface area contributed by atoms with E-state index in [0.717, 1.165) is 29.6 Å². The van der Waals surface area contributed by atoms with Crippen molar-refractivity contribution in [2.45, 2.75) is 71.1 Å². The van der Waals surface area contributed by atoms with Crippen LogP contribution in [0.2, 0.25) is 0 Å². The van der Waals surface area contributed by atoms with Gasteiger partial charge in [-0.3, -0.25) is 0 Å². The molecule has 0 aromatic heterocycles. The fraction of sp³-hybridized carbons (Fsp3) is 0.850. The van der Waals surface area contributed by atoms with Crippen molar-refractivity contribution < 1.29 is 0 Å². The highest BCUT2D eigenvalue weighted by molar-refractivity contribution is 5.27. The van der Waals surface area contributed by atoms with E-state index in [1.165, 1.54) is 69.8 Å². The van der Waals surface area contributed by atoms with Gasteiger partial charge in [-0.05, 0) is 80.0 Å². The number of hydrogen-bond donors (Lipinski definition) is 0. The molecule has 0 aromatic carbocycles. The van der Waals surface area contributed by atoms with Crippen molar-refractivity contribution in [3.63, 3.8) is 0 Å². The fourth-order valence-electron chi connectivity index (χ4n) is 6.99. The first-order valence-electron chi connectivity index (χ1n) is 9.33. The quantitative estimate of drug-likeness (QED) is 0.540. The molecule has 0 aromatic rings. The first-order valence-corrected chi connectivity index (χ1v) is 9.33. The SMILES string of the molecule is CC12CCC3C4CCCCC4CCC3C1CC/C2=C/C#N. The lowest BCUT2D eigenvalue weighted by molar-refractivity contribution is -0.0403. The zero-order valence-corrected chi connectivity index (χ0v) is 13.5. The molecule has 4 aliphatic rings. The van der Waals surface area contributed by atoms with Crippen molar-refractivity contribution in [1.82, 2.24) is 0 Å². The number of fused-ring (bicyclic) bond motifs is 5. The highest BCUT2D eigenvalue weighted by atomic mass is 14.6. The van der Waals surface area contributed by atoms with Crippen LogP contribution in [-0.2, 0) is 0 Å². The molecule has 114 valence electrons. The summed E-state index contributed by atoms with van der Waals surface area (Å²) in [5.41, 5.74) is 1.86. The summed E-state index contributed by atoms with van der Waals surface area (Å²) in [4.78, 5) is 0. The second kappa shape index (κ2) is 5.15. The second-order valence-corrected chi connectivity index (χ2v) is 8.51. The van der Waals surface area contributed by atoms with Crippen molar-refractivity contribution in [1.29, 1.82) is 5.26 Å². The van der Waals surface area contributed by atoms with E-state index in [4.69, 9.17) is 5.26 Å². The second-order valence-electron chi connectivity index (χ2n) is 8.51. The third kappa shape index (κ3) is 2.01. The van der Waals surface area contributed by atoms with E-state index in [-0.39, 0.29) is 0 Å². The van der Waals surface area contributed by atoms with Crippen LogP contribution in [0.15, 0.2) is 11.6 Å². The average Bonchev–Trinajstić information content (AvgIpc) is 2.84. The van der Waals surface area contributed by atoms with Gasteiger partial charge < -0.3 is 0 Å². The lowest BCUT2D eigenvalue weighted by Crippen LogP contribution is -2.46. The van der Waals surface area contributed by atoms with Crippen LogP contribution in [0.3, 0.4) is 0 Å².